The summed E-state index contributed by atoms with van der Waals surface area (Å²) in [6.45, 7) is 2.10. The molecule has 0 aliphatic carbocycles. The number of hydrogen-bond donors (Lipinski definition) is 0. The van der Waals surface area contributed by atoms with Crippen molar-refractivity contribution in [3.63, 3.8) is 0 Å². The van der Waals surface area contributed by atoms with Crippen LogP contribution in [0.15, 0.2) is 83.3 Å². The van der Waals surface area contributed by atoms with E-state index in [1.54, 1.807) is 11.3 Å². The molecule has 0 aliphatic heterocycles. The quantitative estimate of drug-likeness (QED) is 0.155. The summed E-state index contributed by atoms with van der Waals surface area (Å²) in [6, 6.07) is 30.7. The molecular weight excluding hydrogens is 567 g/mol. The van der Waals surface area contributed by atoms with Crippen molar-refractivity contribution in [2.75, 3.05) is 0 Å². The number of benzene rings is 4. The molecule has 1 radical (unpaired) electrons. The van der Waals surface area contributed by atoms with Crippen molar-refractivity contribution >= 4 is 44.0 Å². The van der Waals surface area contributed by atoms with Crippen molar-refractivity contribution in [3.8, 4) is 21.9 Å². The molecule has 0 fully saturated rings. The molecule has 4 aromatic carbocycles. The summed E-state index contributed by atoms with van der Waals surface area (Å²) in [4.78, 5) is 7.17. The molecule has 30 heavy (non-hydrogen) atoms. The Kier molecular flexibility index (Phi) is 4.79. The van der Waals surface area contributed by atoms with E-state index in [9.17, 15) is 0 Å². The van der Waals surface area contributed by atoms with E-state index in [0.29, 0.717) is 5.89 Å². The third-order valence-corrected chi connectivity index (χ3v) is 6.32. The molecule has 147 valence electrons. The van der Waals surface area contributed by atoms with E-state index in [0.717, 1.165) is 37.5 Å². The van der Waals surface area contributed by atoms with Gasteiger partial charge >= 0.3 is 0 Å². The molecule has 0 spiro atoms. The first-order valence-electron chi connectivity index (χ1n) is 9.57. The van der Waals surface area contributed by atoms with Gasteiger partial charge in [0.25, 0.3) is 0 Å². The fraction of sp³-hybridized carbons (Fsp3) is 0.0385. The Morgan fingerprint density at radius 1 is 0.833 bits per heavy atom. The van der Waals surface area contributed by atoms with Gasteiger partial charge in [-0.25, -0.2) is 0 Å². The molecule has 4 heteroatoms. The fourth-order valence-electron chi connectivity index (χ4n) is 3.96. The average Bonchev–Trinajstić information content (AvgIpc) is 3.41. The van der Waals surface area contributed by atoms with Crippen molar-refractivity contribution in [1.29, 1.82) is 0 Å². The molecule has 0 aliphatic rings. The van der Waals surface area contributed by atoms with Crippen LogP contribution in [0.4, 0.5) is 0 Å². The summed E-state index contributed by atoms with van der Waals surface area (Å²) < 4.78 is 6.31. The van der Waals surface area contributed by atoms with Crippen LogP contribution in [0.25, 0.3) is 54.5 Å². The maximum atomic E-state index is 6.31. The Balaban J connectivity index is 0.00000193. The Labute approximate surface area is 191 Å². The first-order valence-corrected chi connectivity index (χ1v) is 10.4. The number of oxazole rings is 1. The molecule has 0 N–H and O–H groups in total. The van der Waals surface area contributed by atoms with Crippen LogP contribution in [0, 0.1) is 13.0 Å². The van der Waals surface area contributed by atoms with E-state index in [1.165, 1.54) is 16.0 Å². The second kappa shape index (κ2) is 7.48. The topological polar surface area (TPSA) is 26.0 Å². The first-order chi connectivity index (χ1) is 14.3. The van der Waals surface area contributed by atoms with E-state index in [1.807, 2.05) is 18.2 Å². The van der Waals surface area contributed by atoms with E-state index in [2.05, 4.69) is 73.7 Å². The van der Waals surface area contributed by atoms with Crippen LogP contribution in [0.2, 0.25) is 0 Å². The van der Waals surface area contributed by atoms with Gasteiger partial charge in [-0.3, -0.25) is 4.98 Å². The van der Waals surface area contributed by atoms with E-state index < -0.39 is 0 Å². The molecule has 6 rings (SSSR count). The fourth-order valence-corrected chi connectivity index (χ4v) is 4.75. The smallest absolute Gasteiger partial charge is 0.227 e. The van der Waals surface area contributed by atoms with Gasteiger partial charge in [-0.15, -0.1) is 41.0 Å². The van der Waals surface area contributed by atoms with Crippen LogP contribution in [0.5, 0.6) is 0 Å². The predicted octanol–water partition coefficient (Wildman–Crippen LogP) is 7.64. The van der Waals surface area contributed by atoms with Crippen molar-refractivity contribution in [3.05, 3.63) is 89.8 Å². The van der Waals surface area contributed by atoms with Gasteiger partial charge in [0.1, 0.15) is 5.58 Å². The number of rotatable bonds is 2. The summed E-state index contributed by atoms with van der Waals surface area (Å²) in [5, 5.41) is 4.40. The van der Waals surface area contributed by atoms with Gasteiger partial charge in [-0.2, -0.15) is 0 Å². The third-order valence-electron chi connectivity index (χ3n) is 5.33. The predicted molar refractivity (Wildman–Crippen MR) is 121 cm³/mol. The number of nitrogens with zero attached hydrogens (tertiary/aromatic N) is 1. The van der Waals surface area contributed by atoms with Gasteiger partial charge in [0.2, 0.25) is 5.89 Å². The number of thiophene rings is 1. The van der Waals surface area contributed by atoms with Gasteiger partial charge in [0, 0.05) is 35.9 Å². The SMILES string of the molecule is Cc1ccc(-c2nc3c4[c-]cccc4c4cc(-c5ccccc5)ccc4c3o2)s1.[Ir]. The van der Waals surface area contributed by atoms with Crippen molar-refractivity contribution < 1.29 is 24.5 Å². The summed E-state index contributed by atoms with van der Waals surface area (Å²) in [5.74, 6) is 0.677. The zero-order chi connectivity index (χ0) is 19.4. The van der Waals surface area contributed by atoms with Crippen LogP contribution in [0.1, 0.15) is 4.88 Å². The van der Waals surface area contributed by atoms with Crippen molar-refractivity contribution in [2.45, 2.75) is 6.92 Å². The minimum Gasteiger partial charge on any atom is -0.445 e. The van der Waals surface area contributed by atoms with Crippen LogP contribution in [-0.2, 0) is 20.1 Å². The third kappa shape index (κ3) is 3.00. The molecule has 2 heterocycles. The summed E-state index contributed by atoms with van der Waals surface area (Å²) in [6.07, 6.45) is 0. The maximum Gasteiger partial charge on any atom is 0.227 e. The Hall–Kier alpha value is -2.78. The normalized spacial score (nSPS) is 11.2. The molecule has 2 aromatic heterocycles. The van der Waals surface area contributed by atoms with Crippen molar-refractivity contribution in [1.82, 2.24) is 4.98 Å². The zero-order valence-corrected chi connectivity index (χ0v) is 19.3. The van der Waals surface area contributed by atoms with Gasteiger partial charge in [0.05, 0.1) is 4.88 Å². The van der Waals surface area contributed by atoms with Gasteiger partial charge in [-0.1, -0.05) is 53.9 Å². The first kappa shape index (κ1) is 19.2. The number of aromatic nitrogens is 1. The molecule has 0 unspecified atom stereocenters. The average molecular weight is 583 g/mol. The van der Waals surface area contributed by atoms with Gasteiger partial charge < -0.3 is 4.42 Å². The molecule has 0 bridgehead atoms. The molecule has 2 nitrogen and oxygen atoms in total. The zero-order valence-electron chi connectivity index (χ0n) is 16.1. The number of aryl methyl sites for hydroxylation is 1. The van der Waals surface area contributed by atoms with Gasteiger partial charge in [0.15, 0.2) is 0 Å². The standard InChI is InChI=1S/C26H16NOS.Ir/c1-16-11-14-23(29-16)26-27-24-20-10-6-5-9-19(20)22-15-18(17-7-3-2-4-8-17)12-13-21(22)25(24)28-26;/h2-9,11-15H,1H3;/q-1;. The van der Waals surface area contributed by atoms with E-state index >= 15 is 0 Å². The summed E-state index contributed by atoms with van der Waals surface area (Å²) in [7, 11) is 0. The molecule has 0 saturated heterocycles. The largest absolute Gasteiger partial charge is 0.445 e. The minimum absolute atomic E-state index is 0. The van der Waals surface area contributed by atoms with Crippen molar-refractivity contribution in [2.24, 2.45) is 0 Å². The Morgan fingerprint density at radius 2 is 1.70 bits per heavy atom. The van der Waals surface area contributed by atoms with E-state index in [4.69, 9.17) is 9.40 Å². The van der Waals surface area contributed by atoms with Crippen LogP contribution in [-0.4, -0.2) is 4.98 Å². The summed E-state index contributed by atoms with van der Waals surface area (Å²) >= 11 is 1.70. The molecule has 6 aromatic rings. The molecule has 0 amide bonds. The second-order valence-corrected chi connectivity index (χ2v) is 8.48. The number of fused-ring (bicyclic) bond motifs is 6. The van der Waals surface area contributed by atoms with Crippen LogP contribution >= 0.6 is 11.3 Å². The Morgan fingerprint density at radius 3 is 2.50 bits per heavy atom. The summed E-state index contributed by atoms with van der Waals surface area (Å²) in [5.41, 5.74) is 4.10. The molecular formula is C26H16IrNOS-. The maximum absolute atomic E-state index is 6.31. The van der Waals surface area contributed by atoms with Crippen LogP contribution in [0.3, 0.4) is 0 Å². The van der Waals surface area contributed by atoms with Gasteiger partial charge in [-0.05, 0) is 35.6 Å². The van der Waals surface area contributed by atoms with Crippen LogP contribution < -0.4 is 0 Å². The second-order valence-electron chi connectivity index (χ2n) is 7.19. The minimum atomic E-state index is 0. The van der Waals surface area contributed by atoms with E-state index in [-0.39, 0.29) is 20.1 Å². The number of hydrogen-bond acceptors (Lipinski definition) is 3. The molecule has 0 atom stereocenters. The Bertz CT molecular complexity index is 1510. The monoisotopic (exact) mass is 583 g/mol. The molecule has 0 saturated carbocycles.